The molecule has 2 spiro atoms. The van der Waals surface area contributed by atoms with Crippen LogP contribution in [0.2, 0.25) is 0 Å². The molecular formula is C62H56O8. The summed E-state index contributed by atoms with van der Waals surface area (Å²) in [6.07, 6.45) is -3.91. The van der Waals surface area contributed by atoms with E-state index in [2.05, 4.69) is 0 Å². The first-order chi connectivity index (χ1) is 34.1. The average molecular weight is 929 g/mol. The Balaban J connectivity index is 1.05. The largest absolute Gasteiger partial charge is 0.378 e. The molecule has 1 saturated carbocycles. The van der Waals surface area contributed by atoms with Crippen LogP contribution < -0.4 is 0 Å². The second kappa shape index (κ2) is 18.3. The SMILES string of the molecule is OC(c1ccccc1)(c1ccccc1)C1OC2(CCC3(CC2)O[C@@H](C(O)(c2ccccc2)c2ccccc2)[C@H](C(O)(c2ccccc2)c2ccccc2)O3)OC1C(O)(c1ccccc1)c1ccccc1. The van der Waals surface area contributed by atoms with E-state index in [1.807, 2.05) is 243 Å². The van der Waals surface area contributed by atoms with E-state index in [0.717, 1.165) is 0 Å². The van der Waals surface area contributed by atoms with Gasteiger partial charge >= 0.3 is 0 Å². The van der Waals surface area contributed by atoms with Crippen LogP contribution in [0.1, 0.15) is 70.2 Å². The predicted octanol–water partition coefficient (Wildman–Crippen LogP) is 10.3. The first-order valence-electron chi connectivity index (χ1n) is 24.2. The van der Waals surface area contributed by atoms with Crippen molar-refractivity contribution < 1.29 is 39.4 Å². The van der Waals surface area contributed by atoms with Crippen LogP contribution in [-0.4, -0.2) is 56.4 Å². The quantitative estimate of drug-likeness (QED) is 0.0957. The standard InChI is InChI=1S/C62H56O8/c63-59(45-25-9-1-10-26-45,46-27-11-2-12-28-46)53-54(60(64,47-29-13-3-14-30-47)48-31-15-4-16-32-48)68-57(67-53)41-43-58(44-42-57)69-55(61(65,49-33-17-5-18-34-49)50-35-19-6-20-36-50)56(70-58)62(66,51-37-21-7-22-38-51)52-39-23-8-24-40-52/h1-40,53-56,63-66H,41-44H2/t53-,54-,55?,56?/m1/s1. The Morgan fingerprint density at radius 1 is 0.243 bits per heavy atom. The lowest BCUT2D eigenvalue weighted by Gasteiger charge is -2.42. The molecule has 70 heavy (non-hydrogen) atoms. The molecule has 8 heteroatoms. The summed E-state index contributed by atoms with van der Waals surface area (Å²) in [7, 11) is 0. The van der Waals surface area contributed by atoms with Crippen molar-refractivity contribution in [1.29, 1.82) is 0 Å². The Labute approximate surface area is 409 Å². The highest BCUT2D eigenvalue weighted by Crippen LogP contribution is 2.59. The number of aliphatic hydroxyl groups is 4. The van der Waals surface area contributed by atoms with Gasteiger partial charge in [0.05, 0.1) is 0 Å². The van der Waals surface area contributed by atoms with Crippen LogP contribution in [0.25, 0.3) is 0 Å². The molecule has 0 aromatic heterocycles. The monoisotopic (exact) mass is 928 g/mol. The highest BCUT2D eigenvalue weighted by Gasteiger charge is 2.68. The number of ether oxygens (including phenoxy) is 4. The van der Waals surface area contributed by atoms with Gasteiger partial charge in [-0.1, -0.05) is 243 Å². The second-order valence-electron chi connectivity index (χ2n) is 19.0. The molecule has 352 valence electrons. The molecule has 4 atom stereocenters. The molecule has 0 bridgehead atoms. The molecule has 2 saturated heterocycles. The van der Waals surface area contributed by atoms with Crippen LogP contribution in [-0.2, 0) is 41.4 Å². The minimum absolute atomic E-state index is 0.197. The minimum atomic E-state index is -1.83. The maximum Gasteiger partial charge on any atom is 0.170 e. The zero-order valence-corrected chi connectivity index (χ0v) is 38.7. The van der Waals surface area contributed by atoms with E-state index in [0.29, 0.717) is 44.5 Å². The first kappa shape index (κ1) is 45.9. The summed E-state index contributed by atoms with van der Waals surface area (Å²) in [6.45, 7) is 0. The molecular weight excluding hydrogens is 873 g/mol. The fourth-order valence-electron chi connectivity index (χ4n) is 11.4. The Hall–Kier alpha value is -6.56. The number of hydrogen-bond donors (Lipinski definition) is 4. The lowest BCUT2D eigenvalue weighted by atomic mass is 9.72. The van der Waals surface area contributed by atoms with E-state index in [-0.39, 0.29) is 25.7 Å². The van der Waals surface area contributed by atoms with Crippen LogP contribution >= 0.6 is 0 Å². The zero-order chi connectivity index (χ0) is 47.9. The van der Waals surface area contributed by atoms with Gasteiger partial charge in [0.15, 0.2) is 11.6 Å². The van der Waals surface area contributed by atoms with Crippen molar-refractivity contribution in [2.24, 2.45) is 0 Å². The summed E-state index contributed by atoms with van der Waals surface area (Å²) in [6, 6.07) is 75.4. The molecule has 3 fully saturated rings. The lowest BCUT2D eigenvalue weighted by molar-refractivity contribution is -0.278. The van der Waals surface area contributed by atoms with Crippen molar-refractivity contribution >= 4 is 0 Å². The molecule has 1 aliphatic carbocycles. The summed E-state index contributed by atoms with van der Waals surface area (Å²) in [5.41, 5.74) is -2.74. The normalized spacial score (nSPS) is 21.2. The van der Waals surface area contributed by atoms with Crippen molar-refractivity contribution in [1.82, 2.24) is 0 Å². The Morgan fingerprint density at radius 2 is 0.371 bits per heavy atom. The molecule has 2 heterocycles. The van der Waals surface area contributed by atoms with E-state index >= 15 is 0 Å². The summed E-state index contributed by atoms with van der Waals surface area (Å²) < 4.78 is 29.6. The van der Waals surface area contributed by atoms with Crippen LogP contribution in [0.5, 0.6) is 0 Å². The first-order valence-corrected chi connectivity index (χ1v) is 24.2. The summed E-state index contributed by atoms with van der Waals surface area (Å²) in [5.74, 6) is -2.75. The van der Waals surface area contributed by atoms with Gasteiger partial charge in [0.1, 0.15) is 46.8 Å². The third kappa shape index (κ3) is 7.64. The zero-order valence-electron chi connectivity index (χ0n) is 38.7. The Bertz CT molecular complexity index is 2390. The van der Waals surface area contributed by atoms with Gasteiger partial charge in [-0.3, -0.25) is 0 Å². The van der Waals surface area contributed by atoms with Crippen LogP contribution in [0, 0.1) is 0 Å². The van der Waals surface area contributed by atoms with E-state index in [4.69, 9.17) is 18.9 Å². The van der Waals surface area contributed by atoms with Crippen molar-refractivity contribution in [3.05, 3.63) is 287 Å². The van der Waals surface area contributed by atoms with Crippen molar-refractivity contribution in [3.8, 4) is 0 Å². The summed E-state index contributed by atoms with van der Waals surface area (Å²) in [5, 5.41) is 54.6. The molecule has 8 aromatic carbocycles. The highest BCUT2D eigenvalue weighted by molar-refractivity contribution is 5.46. The van der Waals surface area contributed by atoms with Gasteiger partial charge in [-0.25, -0.2) is 0 Å². The van der Waals surface area contributed by atoms with Gasteiger partial charge in [0.2, 0.25) is 0 Å². The average Bonchev–Trinajstić information content (AvgIpc) is 4.03. The predicted molar refractivity (Wildman–Crippen MR) is 267 cm³/mol. The number of rotatable bonds is 12. The van der Waals surface area contributed by atoms with Crippen molar-refractivity contribution in [2.45, 2.75) is 84.1 Å². The summed E-state index contributed by atoms with van der Waals surface area (Å²) >= 11 is 0. The van der Waals surface area contributed by atoms with Gasteiger partial charge in [0.25, 0.3) is 0 Å². The maximum atomic E-state index is 13.7. The van der Waals surface area contributed by atoms with Crippen LogP contribution in [0.4, 0.5) is 0 Å². The van der Waals surface area contributed by atoms with Crippen LogP contribution in [0.15, 0.2) is 243 Å². The molecule has 8 aromatic rings. The van der Waals surface area contributed by atoms with E-state index < -0.39 is 58.4 Å². The van der Waals surface area contributed by atoms with Crippen molar-refractivity contribution in [3.63, 3.8) is 0 Å². The fraction of sp³-hybridized carbons (Fsp3) is 0.226. The van der Waals surface area contributed by atoms with Gasteiger partial charge in [-0.05, 0) is 44.5 Å². The molecule has 0 radical (unpaired) electrons. The molecule has 3 aliphatic rings. The molecule has 11 rings (SSSR count). The molecule has 2 aliphatic heterocycles. The van der Waals surface area contributed by atoms with E-state index in [1.54, 1.807) is 0 Å². The topological polar surface area (TPSA) is 118 Å². The maximum absolute atomic E-state index is 13.7. The number of hydrogen-bond acceptors (Lipinski definition) is 8. The molecule has 0 amide bonds. The smallest absolute Gasteiger partial charge is 0.170 e. The summed E-state index contributed by atoms with van der Waals surface area (Å²) in [4.78, 5) is 0. The Kier molecular flexibility index (Phi) is 12.0. The van der Waals surface area contributed by atoms with Crippen molar-refractivity contribution in [2.75, 3.05) is 0 Å². The highest BCUT2D eigenvalue weighted by atomic mass is 16.8. The molecule has 8 nitrogen and oxygen atoms in total. The van der Waals surface area contributed by atoms with Gasteiger partial charge in [0, 0.05) is 25.7 Å². The van der Waals surface area contributed by atoms with Gasteiger partial charge in [-0.15, -0.1) is 0 Å². The molecule has 4 N–H and O–H groups in total. The second-order valence-corrected chi connectivity index (χ2v) is 19.0. The third-order valence-corrected chi connectivity index (χ3v) is 15.0. The van der Waals surface area contributed by atoms with E-state index in [1.165, 1.54) is 0 Å². The van der Waals surface area contributed by atoms with Gasteiger partial charge < -0.3 is 39.4 Å². The third-order valence-electron chi connectivity index (χ3n) is 15.0. The van der Waals surface area contributed by atoms with Gasteiger partial charge in [-0.2, -0.15) is 0 Å². The fourth-order valence-corrected chi connectivity index (χ4v) is 11.4. The lowest BCUT2D eigenvalue weighted by Crippen LogP contribution is -2.54. The van der Waals surface area contributed by atoms with E-state index in [9.17, 15) is 20.4 Å². The minimum Gasteiger partial charge on any atom is -0.378 e. The number of benzene rings is 8. The molecule has 2 unspecified atom stereocenters. The Morgan fingerprint density at radius 3 is 0.500 bits per heavy atom. The van der Waals surface area contributed by atoms with Crippen LogP contribution in [0.3, 0.4) is 0 Å².